The Morgan fingerprint density at radius 2 is 1.88 bits per heavy atom. The lowest BCUT2D eigenvalue weighted by Gasteiger charge is -2.31. The van der Waals surface area contributed by atoms with Crippen molar-refractivity contribution >= 4 is 17.2 Å². The molecule has 0 atom stereocenters. The fraction of sp³-hybridized carbons (Fsp3) is 0.409. The molecule has 0 N–H and O–H groups in total. The monoisotopic (exact) mass is 353 g/mol. The van der Waals surface area contributed by atoms with Gasteiger partial charge in [-0.2, -0.15) is 0 Å². The minimum Gasteiger partial charge on any atom is -0.496 e. The van der Waals surface area contributed by atoms with E-state index in [9.17, 15) is 0 Å². The number of nitrogens with zero attached hydrogens (tertiary/aromatic N) is 1. The standard InChI is InChI=1S/C22H27NOS/c1-16-7-9-18(10-8-16)5-4-6-22(25)23-12-11-19-13-17(2)21(24-3)14-20(19)15-23/h7-10,13-14H,4-6,11-12,15H2,1-3H3. The van der Waals surface area contributed by atoms with Crippen molar-refractivity contribution in [1.29, 1.82) is 0 Å². The van der Waals surface area contributed by atoms with Crippen molar-refractivity contribution < 1.29 is 4.74 Å². The third kappa shape index (κ3) is 4.40. The number of hydrogen-bond acceptors (Lipinski definition) is 2. The van der Waals surface area contributed by atoms with Crippen LogP contribution in [0.4, 0.5) is 0 Å². The summed E-state index contributed by atoms with van der Waals surface area (Å²) in [4.78, 5) is 3.46. The quantitative estimate of drug-likeness (QED) is 0.700. The molecule has 1 aliphatic rings. The molecule has 3 rings (SSSR count). The highest BCUT2D eigenvalue weighted by Crippen LogP contribution is 2.28. The van der Waals surface area contributed by atoms with Crippen molar-refractivity contribution in [2.24, 2.45) is 0 Å². The van der Waals surface area contributed by atoms with Crippen LogP contribution in [0, 0.1) is 13.8 Å². The minimum absolute atomic E-state index is 0.912. The van der Waals surface area contributed by atoms with Gasteiger partial charge < -0.3 is 9.64 Å². The Labute approximate surface area is 156 Å². The summed E-state index contributed by atoms with van der Waals surface area (Å²) in [6, 6.07) is 13.3. The Bertz CT molecular complexity index is 751. The Balaban J connectivity index is 1.56. The number of rotatable bonds is 5. The summed E-state index contributed by atoms with van der Waals surface area (Å²) in [5.74, 6) is 0.978. The fourth-order valence-corrected chi connectivity index (χ4v) is 3.80. The van der Waals surface area contributed by atoms with Crippen molar-refractivity contribution in [2.45, 2.75) is 46.1 Å². The van der Waals surface area contributed by atoms with E-state index in [1.807, 2.05) is 0 Å². The summed E-state index contributed by atoms with van der Waals surface area (Å²) >= 11 is 5.72. The van der Waals surface area contributed by atoms with Crippen LogP contribution in [0.15, 0.2) is 36.4 Å². The normalized spacial score (nSPS) is 13.5. The molecule has 25 heavy (non-hydrogen) atoms. The first-order valence-electron chi connectivity index (χ1n) is 9.06. The van der Waals surface area contributed by atoms with Crippen LogP contribution in [0.5, 0.6) is 5.75 Å². The van der Waals surface area contributed by atoms with Crippen LogP contribution in [0.1, 0.15) is 40.7 Å². The molecule has 0 radical (unpaired) electrons. The van der Waals surface area contributed by atoms with E-state index in [1.54, 1.807) is 7.11 Å². The number of methoxy groups -OCH3 is 1. The van der Waals surface area contributed by atoms with Gasteiger partial charge in [0.25, 0.3) is 0 Å². The SMILES string of the molecule is COc1cc2c(cc1C)CCN(C(=S)CCCc1ccc(C)cc1)C2. The van der Waals surface area contributed by atoms with Crippen LogP contribution in [0.3, 0.4) is 0 Å². The predicted octanol–water partition coefficient (Wildman–Crippen LogP) is 5.02. The lowest BCUT2D eigenvalue weighted by molar-refractivity contribution is 0.383. The Kier molecular flexibility index (Phi) is 5.74. The second kappa shape index (κ2) is 8.01. The molecule has 0 unspecified atom stereocenters. The lowest BCUT2D eigenvalue weighted by atomic mass is 9.96. The van der Waals surface area contributed by atoms with Crippen molar-refractivity contribution in [2.75, 3.05) is 13.7 Å². The van der Waals surface area contributed by atoms with Crippen molar-refractivity contribution in [1.82, 2.24) is 4.90 Å². The number of fused-ring (bicyclic) bond motifs is 1. The second-order valence-corrected chi connectivity index (χ2v) is 7.47. The summed E-state index contributed by atoms with van der Waals surface area (Å²) < 4.78 is 5.48. The molecule has 2 aromatic carbocycles. The average Bonchev–Trinajstić information content (AvgIpc) is 2.62. The van der Waals surface area contributed by atoms with E-state index in [2.05, 4.69) is 55.1 Å². The van der Waals surface area contributed by atoms with Crippen molar-refractivity contribution in [3.8, 4) is 5.75 Å². The van der Waals surface area contributed by atoms with Gasteiger partial charge in [-0.3, -0.25) is 0 Å². The van der Waals surface area contributed by atoms with E-state index in [-0.39, 0.29) is 0 Å². The maximum atomic E-state index is 5.72. The Hall–Kier alpha value is -1.87. The summed E-state index contributed by atoms with van der Waals surface area (Å²) in [6.07, 6.45) is 4.26. The van der Waals surface area contributed by atoms with Crippen LogP contribution >= 0.6 is 12.2 Å². The molecule has 0 aromatic heterocycles. The molecule has 132 valence electrons. The zero-order chi connectivity index (χ0) is 17.8. The van der Waals surface area contributed by atoms with Gasteiger partial charge >= 0.3 is 0 Å². The van der Waals surface area contributed by atoms with Gasteiger partial charge in [0.1, 0.15) is 5.75 Å². The van der Waals surface area contributed by atoms with Crippen LogP contribution in [-0.2, 0) is 19.4 Å². The number of aryl methyl sites for hydroxylation is 3. The Morgan fingerprint density at radius 1 is 1.12 bits per heavy atom. The molecule has 2 aromatic rings. The minimum atomic E-state index is 0.912. The predicted molar refractivity (Wildman–Crippen MR) is 109 cm³/mol. The molecule has 0 fully saturated rings. The molecule has 0 spiro atoms. The molecule has 0 bridgehead atoms. The largest absolute Gasteiger partial charge is 0.496 e. The number of hydrogen-bond donors (Lipinski definition) is 0. The molecule has 1 aliphatic heterocycles. The highest BCUT2D eigenvalue weighted by Gasteiger charge is 2.19. The first-order chi connectivity index (χ1) is 12.1. The van der Waals surface area contributed by atoms with E-state index in [0.29, 0.717) is 0 Å². The summed E-state index contributed by atoms with van der Waals surface area (Å²) in [5.41, 5.74) is 6.73. The maximum Gasteiger partial charge on any atom is 0.122 e. The van der Waals surface area contributed by atoms with Crippen LogP contribution < -0.4 is 4.74 Å². The molecule has 0 aliphatic carbocycles. The fourth-order valence-electron chi connectivity index (χ4n) is 3.50. The van der Waals surface area contributed by atoms with Crippen LogP contribution in [-0.4, -0.2) is 23.5 Å². The highest BCUT2D eigenvalue weighted by molar-refractivity contribution is 7.80. The number of thiocarbonyl (C=S) groups is 1. The van der Waals surface area contributed by atoms with Gasteiger partial charge in [0.15, 0.2) is 0 Å². The van der Waals surface area contributed by atoms with E-state index in [0.717, 1.165) is 49.5 Å². The third-order valence-corrected chi connectivity index (χ3v) is 5.52. The first kappa shape index (κ1) is 17.9. The molecule has 0 saturated carbocycles. The number of ether oxygens (including phenoxy) is 1. The highest BCUT2D eigenvalue weighted by atomic mass is 32.1. The topological polar surface area (TPSA) is 12.5 Å². The summed E-state index contributed by atoms with van der Waals surface area (Å²) in [7, 11) is 1.74. The lowest BCUT2D eigenvalue weighted by Crippen LogP contribution is -2.34. The number of benzene rings is 2. The molecular weight excluding hydrogens is 326 g/mol. The van der Waals surface area contributed by atoms with Crippen molar-refractivity contribution in [3.05, 3.63) is 64.2 Å². The zero-order valence-corrected chi connectivity index (χ0v) is 16.3. The van der Waals surface area contributed by atoms with Gasteiger partial charge in [-0.15, -0.1) is 0 Å². The van der Waals surface area contributed by atoms with Crippen LogP contribution in [0.2, 0.25) is 0 Å². The summed E-state index contributed by atoms with van der Waals surface area (Å²) in [5, 5.41) is 0. The molecular formula is C22H27NOS. The van der Waals surface area contributed by atoms with Gasteiger partial charge in [0.2, 0.25) is 0 Å². The molecule has 0 saturated heterocycles. The molecule has 2 nitrogen and oxygen atoms in total. The maximum absolute atomic E-state index is 5.72. The average molecular weight is 354 g/mol. The Morgan fingerprint density at radius 3 is 2.60 bits per heavy atom. The molecule has 0 amide bonds. The van der Waals surface area contributed by atoms with E-state index < -0.39 is 0 Å². The van der Waals surface area contributed by atoms with E-state index in [1.165, 1.54) is 27.8 Å². The zero-order valence-electron chi connectivity index (χ0n) is 15.5. The third-order valence-electron chi connectivity index (χ3n) is 5.06. The van der Waals surface area contributed by atoms with Gasteiger partial charge in [-0.05, 0) is 67.9 Å². The second-order valence-electron chi connectivity index (χ2n) is 6.99. The van der Waals surface area contributed by atoms with Gasteiger partial charge in [-0.25, -0.2) is 0 Å². The molecule has 1 heterocycles. The smallest absolute Gasteiger partial charge is 0.122 e. The van der Waals surface area contributed by atoms with Gasteiger partial charge in [-0.1, -0.05) is 48.1 Å². The van der Waals surface area contributed by atoms with Crippen LogP contribution in [0.25, 0.3) is 0 Å². The van der Waals surface area contributed by atoms with Crippen molar-refractivity contribution in [3.63, 3.8) is 0 Å². The molecule has 3 heteroatoms. The van der Waals surface area contributed by atoms with E-state index >= 15 is 0 Å². The van der Waals surface area contributed by atoms with E-state index in [4.69, 9.17) is 17.0 Å². The summed E-state index contributed by atoms with van der Waals surface area (Å²) in [6.45, 7) is 6.18. The first-order valence-corrected chi connectivity index (χ1v) is 9.47. The van der Waals surface area contributed by atoms with Gasteiger partial charge in [0, 0.05) is 13.1 Å². The van der Waals surface area contributed by atoms with Gasteiger partial charge in [0.05, 0.1) is 12.1 Å².